The van der Waals surface area contributed by atoms with Crippen LogP contribution in [-0.2, 0) is 19.1 Å². The lowest BCUT2D eigenvalue weighted by molar-refractivity contribution is -0.148. The van der Waals surface area contributed by atoms with E-state index in [1.807, 2.05) is 13.8 Å². The third kappa shape index (κ3) is 7.74. The number of hydrogen-bond acceptors (Lipinski definition) is 5. The van der Waals surface area contributed by atoms with E-state index in [0.29, 0.717) is 24.0 Å². The SMILES string of the molecule is C#Cc1ccccc1C(C(=O)NC(C)C)N(C(=O)C(CC(N)=O)NC(=O)OC(C)(C)C)C1CCC1. The fourth-order valence-electron chi connectivity index (χ4n) is 3.86. The van der Waals surface area contributed by atoms with E-state index in [1.165, 1.54) is 4.90 Å². The van der Waals surface area contributed by atoms with E-state index in [1.54, 1.807) is 45.0 Å². The van der Waals surface area contributed by atoms with E-state index in [0.717, 1.165) is 6.42 Å². The Labute approximate surface area is 207 Å². The average molecular weight is 485 g/mol. The topological polar surface area (TPSA) is 131 Å². The van der Waals surface area contributed by atoms with E-state index in [2.05, 4.69) is 16.6 Å². The highest BCUT2D eigenvalue weighted by Gasteiger charge is 2.43. The fourth-order valence-corrected chi connectivity index (χ4v) is 3.86. The van der Waals surface area contributed by atoms with Crippen LogP contribution in [0.4, 0.5) is 4.79 Å². The molecule has 0 aliphatic heterocycles. The first-order chi connectivity index (χ1) is 16.3. The van der Waals surface area contributed by atoms with Gasteiger partial charge in [0.1, 0.15) is 17.7 Å². The van der Waals surface area contributed by atoms with Crippen LogP contribution in [0.5, 0.6) is 0 Å². The molecule has 9 heteroatoms. The number of benzene rings is 1. The Morgan fingerprint density at radius 2 is 1.80 bits per heavy atom. The molecule has 0 saturated heterocycles. The molecule has 0 heterocycles. The number of nitrogens with one attached hydrogen (secondary N) is 2. The van der Waals surface area contributed by atoms with Crippen molar-refractivity contribution >= 4 is 23.8 Å². The first kappa shape index (κ1) is 27.7. The molecule has 4 amide bonds. The van der Waals surface area contributed by atoms with Crippen LogP contribution < -0.4 is 16.4 Å². The maximum Gasteiger partial charge on any atom is 0.408 e. The van der Waals surface area contributed by atoms with Crippen LogP contribution >= 0.6 is 0 Å². The maximum absolute atomic E-state index is 13.9. The summed E-state index contributed by atoms with van der Waals surface area (Å²) in [5, 5.41) is 5.36. The molecule has 0 radical (unpaired) electrons. The lowest BCUT2D eigenvalue weighted by Crippen LogP contribution is -2.58. The number of hydrogen-bond donors (Lipinski definition) is 3. The highest BCUT2D eigenvalue weighted by atomic mass is 16.6. The second-order valence-corrected chi connectivity index (χ2v) is 10.00. The minimum Gasteiger partial charge on any atom is -0.444 e. The molecule has 0 aromatic heterocycles. The Morgan fingerprint density at radius 1 is 1.17 bits per heavy atom. The van der Waals surface area contributed by atoms with Gasteiger partial charge in [-0.1, -0.05) is 24.1 Å². The number of nitrogens with two attached hydrogens (primary N) is 1. The Bertz CT molecular complexity index is 988. The van der Waals surface area contributed by atoms with Crippen molar-refractivity contribution in [1.29, 1.82) is 0 Å². The first-order valence-electron chi connectivity index (χ1n) is 11.8. The molecule has 35 heavy (non-hydrogen) atoms. The predicted octanol–water partition coefficient (Wildman–Crippen LogP) is 2.38. The molecule has 4 N–H and O–H groups in total. The molecule has 190 valence electrons. The van der Waals surface area contributed by atoms with Crippen molar-refractivity contribution in [2.24, 2.45) is 5.73 Å². The Balaban J connectivity index is 2.55. The summed E-state index contributed by atoms with van der Waals surface area (Å²) in [6.07, 6.45) is 6.63. The molecule has 2 atom stereocenters. The summed E-state index contributed by atoms with van der Waals surface area (Å²) in [5.41, 5.74) is 5.55. The zero-order valence-corrected chi connectivity index (χ0v) is 21.1. The maximum atomic E-state index is 13.9. The molecule has 0 bridgehead atoms. The molecule has 1 saturated carbocycles. The van der Waals surface area contributed by atoms with Crippen molar-refractivity contribution in [3.63, 3.8) is 0 Å². The highest BCUT2D eigenvalue weighted by molar-refractivity contribution is 5.95. The van der Waals surface area contributed by atoms with Crippen molar-refractivity contribution in [3.05, 3.63) is 35.4 Å². The second-order valence-electron chi connectivity index (χ2n) is 10.00. The van der Waals surface area contributed by atoms with E-state index < -0.39 is 47.9 Å². The van der Waals surface area contributed by atoms with Gasteiger partial charge in [-0.25, -0.2) is 4.79 Å². The zero-order valence-electron chi connectivity index (χ0n) is 21.1. The molecule has 2 rings (SSSR count). The third-order valence-electron chi connectivity index (χ3n) is 5.49. The average Bonchev–Trinajstić information content (AvgIpc) is 2.69. The monoisotopic (exact) mass is 484 g/mol. The summed E-state index contributed by atoms with van der Waals surface area (Å²) in [6, 6.07) is 4.08. The molecular formula is C26H36N4O5. The first-order valence-corrected chi connectivity index (χ1v) is 11.8. The van der Waals surface area contributed by atoms with Gasteiger partial charge in [0.2, 0.25) is 17.7 Å². The summed E-state index contributed by atoms with van der Waals surface area (Å²) >= 11 is 0. The largest absolute Gasteiger partial charge is 0.444 e. The molecule has 1 aromatic rings. The molecule has 0 spiro atoms. The van der Waals surface area contributed by atoms with E-state index in [-0.39, 0.29) is 12.1 Å². The third-order valence-corrected chi connectivity index (χ3v) is 5.49. The molecule has 1 aromatic carbocycles. The molecule has 1 fully saturated rings. The van der Waals surface area contributed by atoms with Crippen molar-refractivity contribution in [2.75, 3.05) is 0 Å². The van der Waals surface area contributed by atoms with Gasteiger partial charge in [-0.05, 0) is 65.5 Å². The van der Waals surface area contributed by atoms with Crippen molar-refractivity contribution < 1.29 is 23.9 Å². The van der Waals surface area contributed by atoms with E-state index in [4.69, 9.17) is 16.9 Å². The zero-order chi connectivity index (χ0) is 26.3. The lowest BCUT2D eigenvalue weighted by Gasteiger charge is -2.44. The standard InChI is InChI=1S/C26H36N4O5/c1-7-17-11-8-9-14-19(17)22(23(32)28-16(2)3)30(18-12-10-13-18)24(33)20(15-21(27)31)29-25(34)35-26(4,5)6/h1,8-9,11,14,16,18,20,22H,10,12-13,15H2,2-6H3,(H2,27,31)(H,28,32)(H,29,34). The van der Waals surface area contributed by atoms with Gasteiger partial charge in [0.05, 0.1) is 6.42 Å². The van der Waals surface area contributed by atoms with Gasteiger partial charge in [-0.2, -0.15) is 0 Å². The highest BCUT2D eigenvalue weighted by Crippen LogP contribution is 2.35. The molecule has 9 nitrogen and oxygen atoms in total. The van der Waals surface area contributed by atoms with Gasteiger partial charge in [-0.3, -0.25) is 14.4 Å². The number of primary amides is 1. The van der Waals surface area contributed by atoms with Crippen LogP contribution in [0.2, 0.25) is 0 Å². The number of amides is 4. The van der Waals surface area contributed by atoms with Gasteiger partial charge in [0.25, 0.3) is 0 Å². The summed E-state index contributed by atoms with van der Waals surface area (Å²) < 4.78 is 5.28. The van der Waals surface area contributed by atoms with Crippen LogP contribution in [0.15, 0.2) is 24.3 Å². The summed E-state index contributed by atoms with van der Waals surface area (Å²) in [4.78, 5) is 53.2. The Kier molecular flexibility index (Phi) is 9.29. The van der Waals surface area contributed by atoms with Gasteiger partial charge in [0, 0.05) is 17.6 Å². The second kappa shape index (κ2) is 11.7. The molecule has 2 unspecified atom stereocenters. The van der Waals surface area contributed by atoms with Crippen LogP contribution in [0.25, 0.3) is 0 Å². The van der Waals surface area contributed by atoms with Gasteiger partial charge < -0.3 is 26.0 Å². The van der Waals surface area contributed by atoms with Gasteiger partial charge in [-0.15, -0.1) is 6.42 Å². The van der Waals surface area contributed by atoms with Gasteiger partial charge in [0.15, 0.2) is 0 Å². The van der Waals surface area contributed by atoms with Crippen molar-refractivity contribution in [1.82, 2.24) is 15.5 Å². The van der Waals surface area contributed by atoms with Crippen molar-refractivity contribution in [3.8, 4) is 12.3 Å². The van der Waals surface area contributed by atoms with Crippen molar-refractivity contribution in [2.45, 2.75) is 90.1 Å². The van der Waals surface area contributed by atoms with Crippen LogP contribution in [-0.4, -0.2) is 52.4 Å². The normalized spacial score (nSPS) is 15.2. The quantitative estimate of drug-likeness (QED) is 0.463. The smallest absolute Gasteiger partial charge is 0.408 e. The van der Waals surface area contributed by atoms with Crippen LogP contribution in [0.3, 0.4) is 0 Å². The summed E-state index contributed by atoms with van der Waals surface area (Å²) in [5.74, 6) is 0.807. The minimum atomic E-state index is -1.31. The minimum absolute atomic E-state index is 0.192. The van der Waals surface area contributed by atoms with E-state index in [9.17, 15) is 19.2 Å². The molecular weight excluding hydrogens is 448 g/mol. The lowest BCUT2D eigenvalue weighted by atomic mass is 9.87. The number of alkyl carbamates (subject to hydrolysis) is 1. The Morgan fingerprint density at radius 3 is 2.29 bits per heavy atom. The van der Waals surface area contributed by atoms with Crippen LogP contribution in [0, 0.1) is 12.3 Å². The summed E-state index contributed by atoms with van der Waals surface area (Å²) in [7, 11) is 0. The number of carbonyl (C=O) groups is 4. The van der Waals surface area contributed by atoms with Gasteiger partial charge >= 0.3 is 6.09 Å². The Hall–Kier alpha value is -3.54. The molecule has 1 aliphatic rings. The number of nitrogens with zero attached hydrogens (tertiary/aromatic N) is 1. The van der Waals surface area contributed by atoms with Crippen LogP contribution in [0.1, 0.15) is 77.5 Å². The predicted molar refractivity (Wildman–Crippen MR) is 132 cm³/mol. The number of ether oxygens (including phenoxy) is 1. The molecule has 1 aliphatic carbocycles. The number of rotatable bonds is 9. The fraction of sp³-hybridized carbons (Fsp3) is 0.538. The van der Waals surface area contributed by atoms with E-state index >= 15 is 0 Å². The summed E-state index contributed by atoms with van der Waals surface area (Å²) in [6.45, 7) is 8.68. The number of carbonyl (C=O) groups excluding carboxylic acids is 4. The number of terminal acetylenes is 1.